The van der Waals surface area contributed by atoms with Gasteiger partial charge in [0, 0.05) is 7.05 Å². The zero-order valence-corrected chi connectivity index (χ0v) is 27.6. The molecule has 6 atom stereocenters. The molecule has 0 aromatic heterocycles. The molecule has 2 aromatic carbocycles. The predicted octanol–water partition coefficient (Wildman–Crippen LogP) is 7.65. The Hall–Kier alpha value is -2.58. The number of rotatable bonds is 12. The first-order valence-electron chi connectivity index (χ1n) is 16.3. The number of aliphatic hydroxyl groups is 1. The molecule has 2 aromatic rings. The van der Waals surface area contributed by atoms with Crippen LogP contribution in [0.3, 0.4) is 0 Å². The zero-order valence-electron chi connectivity index (χ0n) is 26.8. The van der Waals surface area contributed by atoms with E-state index in [0.29, 0.717) is 31.1 Å². The molecule has 0 aliphatic heterocycles. The molecule has 0 saturated heterocycles. The summed E-state index contributed by atoms with van der Waals surface area (Å²) in [6.07, 6.45) is -1.72. The molecule has 3 aliphatic carbocycles. The van der Waals surface area contributed by atoms with Gasteiger partial charge in [-0.2, -0.15) is 35.0 Å². The molecule has 2 fully saturated rings. The fourth-order valence-electron chi connectivity index (χ4n) is 8.40. The minimum absolute atomic E-state index is 0.0364. The molecule has 5 rings (SSSR count). The van der Waals surface area contributed by atoms with Crippen LogP contribution >= 0.6 is 0 Å². The standard InChI is InChI=1S/C34H42F7NO5S/c1-31-19-27(30-25-13-9-23(43)18-22(25)8-12-26(30)28(31)14-15-29(31)44)21-6-10-24(11-7-21)47-16-4-3-5-17-48(45,46)42(2)20-32(35,36)33(37,38)34(39,40)41/h6-7,9-11,13,18,26-30,43-44H,3-5,8,12,14-17,19-20H2,1-2H3/t26-,27+,28-,29-,30+,31-/m0/s1. The molecule has 0 spiro atoms. The molecule has 0 heterocycles. The first kappa shape index (κ1) is 36.7. The number of halogens is 7. The number of unbranched alkanes of at least 4 members (excludes halogenated alkanes) is 2. The van der Waals surface area contributed by atoms with Crippen LogP contribution in [0.4, 0.5) is 30.7 Å². The number of nitrogens with zero attached hydrogens (tertiary/aromatic N) is 1. The summed E-state index contributed by atoms with van der Waals surface area (Å²) in [6.45, 7) is 0.120. The lowest BCUT2D eigenvalue weighted by Gasteiger charge is -2.54. The van der Waals surface area contributed by atoms with Gasteiger partial charge in [0.1, 0.15) is 11.5 Å². The van der Waals surface area contributed by atoms with Gasteiger partial charge in [-0.1, -0.05) is 25.1 Å². The third-order valence-corrected chi connectivity index (χ3v) is 12.9. The summed E-state index contributed by atoms with van der Waals surface area (Å²) in [4.78, 5) is 0. The number of aryl methyl sites for hydroxylation is 1. The second-order valence-electron chi connectivity index (χ2n) is 14.0. The number of aromatic hydroxyl groups is 1. The van der Waals surface area contributed by atoms with E-state index in [-0.39, 0.29) is 52.9 Å². The minimum atomic E-state index is -6.53. The van der Waals surface area contributed by atoms with E-state index >= 15 is 0 Å². The first-order valence-corrected chi connectivity index (χ1v) is 17.9. The highest BCUT2D eigenvalue weighted by Crippen LogP contribution is 2.65. The van der Waals surface area contributed by atoms with E-state index in [1.54, 1.807) is 6.07 Å². The molecule has 2 N–H and O–H groups in total. The van der Waals surface area contributed by atoms with Crippen molar-refractivity contribution in [2.75, 3.05) is 26.0 Å². The first-order chi connectivity index (χ1) is 22.3. The van der Waals surface area contributed by atoms with Crippen molar-refractivity contribution in [3.05, 3.63) is 59.2 Å². The minimum Gasteiger partial charge on any atom is -0.508 e. The molecule has 2 saturated carbocycles. The van der Waals surface area contributed by atoms with Crippen molar-refractivity contribution in [3.8, 4) is 11.5 Å². The van der Waals surface area contributed by atoms with Gasteiger partial charge in [0.25, 0.3) is 0 Å². The van der Waals surface area contributed by atoms with E-state index in [4.69, 9.17) is 4.74 Å². The van der Waals surface area contributed by atoms with Crippen LogP contribution in [0.1, 0.15) is 80.4 Å². The number of phenols is 1. The quantitative estimate of drug-likeness (QED) is 0.175. The van der Waals surface area contributed by atoms with E-state index in [2.05, 4.69) is 6.92 Å². The summed E-state index contributed by atoms with van der Waals surface area (Å²) >= 11 is 0. The van der Waals surface area contributed by atoms with Gasteiger partial charge in [0.05, 0.1) is 25.0 Å². The van der Waals surface area contributed by atoms with Crippen molar-refractivity contribution in [1.82, 2.24) is 4.31 Å². The fourth-order valence-corrected chi connectivity index (χ4v) is 9.64. The highest BCUT2D eigenvalue weighted by molar-refractivity contribution is 7.89. The molecule has 268 valence electrons. The number of fused-ring (bicyclic) bond motifs is 5. The Morgan fingerprint density at radius 3 is 2.31 bits per heavy atom. The lowest BCUT2D eigenvalue weighted by Crippen LogP contribution is -2.57. The van der Waals surface area contributed by atoms with Gasteiger partial charge in [0.15, 0.2) is 0 Å². The summed E-state index contributed by atoms with van der Waals surface area (Å²) in [6, 6.07) is 13.4. The maximum Gasteiger partial charge on any atom is 0.459 e. The Morgan fingerprint density at radius 2 is 1.65 bits per heavy atom. The van der Waals surface area contributed by atoms with Crippen LogP contribution in [0.15, 0.2) is 42.5 Å². The summed E-state index contributed by atoms with van der Waals surface area (Å²) in [5.41, 5.74) is 3.37. The highest BCUT2D eigenvalue weighted by atomic mass is 32.2. The van der Waals surface area contributed by atoms with Crippen LogP contribution in [0.5, 0.6) is 11.5 Å². The van der Waals surface area contributed by atoms with Gasteiger partial charge < -0.3 is 14.9 Å². The molecule has 48 heavy (non-hydrogen) atoms. The van der Waals surface area contributed by atoms with Crippen LogP contribution in [0.25, 0.3) is 0 Å². The van der Waals surface area contributed by atoms with Crippen LogP contribution in [0.2, 0.25) is 0 Å². The van der Waals surface area contributed by atoms with Crippen molar-refractivity contribution in [3.63, 3.8) is 0 Å². The third-order valence-electron chi connectivity index (χ3n) is 11.0. The molecular formula is C34H42F7NO5S. The number of aliphatic hydroxyl groups excluding tert-OH is 1. The third kappa shape index (κ3) is 6.90. The Labute approximate surface area is 276 Å². The Balaban J connectivity index is 1.15. The zero-order chi connectivity index (χ0) is 35.3. The molecule has 0 amide bonds. The number of ether oxygens (including phenoxy) is 1. The molecule has 0 bridgehead atoms. The van der Waals surface area contributed by atoms with Crippen LogP contribution in [0, 0.1) is 17.3 Å². The summed E-state index contributed by atoms with van der Waals surface area (Å²) < 4.78 is 121. The van der Waals surface area contributed by atoms with Crippen LogP contribution in [-0.4, -0.2) is 73.0 Å². The molecule has 0 radical (unpaired) electrons. The number of phenolic OH excluding ortho intramolecular Hbond substituents is 1. The number of sulfonamides is 1. The van der Waals surface area contributed by atoms with Crippen molar-refractivity contribution in [2.24, 2.45) is 17.3 Å². The molecule has 0 unspecified atom stereocenters. The van der Waals surface area contributed by atoms with Crippen molar-refractivity contribution >= 4 is 10.0 Å². The largest absolute Gasteiger partial charge is 0.508 e. The SMILES string of the molecule is CN(CC(F)(F)C(F)(F)C(F)(F)F)S(=O)(=O)CCCCCOc1ccc([C@H]2C[C@]3(C)[C@@H](O)CC[C@H]3[C@@H]3CCc4cc(O)ccc4[C@H]32)cc1. The smallest absolute Gasteiger partial charge is 0.459 e. The van der Waals surface area contributed by atoms with Gasteiger partial charge >= 0.3 is 18.0 Å². The van der Waals surface area contributed by atoms with Gasteiger partial charge in [-0.15, -0.1) is 0 Å². The number of benzene rings is 2. The second-order valence-corrected chi connectivity index (χ2v) is 16.1. The normalized spacial score (nSPS) is 27.8. The molecular weight excluding hydrogens is 667 g/mol. The average Bonchev–Trinajstić information content (AvgIpc) is 3.31. The maximum absolute atomic E-state index is 13.7. The van der Waals surface area contributed by atoms with Crippen molar-refractivity contribution in [1.29, 1.82) is 0 Å². The maximum atomic E-state index is 13.7. The summed E-state index contributed by atoms with van der Waals surface area (Å²) in [5.74, 6) is -10.6. The van der Waals surface area contributed by atoms with Crippen LogP contribution < -0.4 is 4.74 Å². The lowest BCUT2D eigenvalue weighted by atomic mass is 9.51. The predicted molar refractivity (Wildman–Crippen MR) is 165 cm³/mol. The van der Waals surface area contributed by atoms with Crippen LogP contribution in [-0.2, 0) is 16.4 Å². The Kier molecular flexibility index (Phi) is 10.1. The topological polar surface area (TPSA) is 87.1 Å². The van der Waals surface area contributed by atoms with E-state index in [9.17, 15) is 49.4 Å². The highest BCUT2D eigenvalue weighted by Gasteiger charge is 2.73. The summed E-state index contributed by atoms with van der Waals surface area (Å²) in [7, 11) is -3.97. The Morgan fingerprint density at radius 1 is 0.958 bits per heavy atom. The number of hydrogen-bond acceptors (Lipinski definition) is 5. The monoisotopic (exact) mass is 709 g/mol. The van der Waals surface area contributed by atoms with E-state index < -0.39 is 40.3 Å². The van der Waals surface area contributed by atoms with E-state index in [1.165, 1.54) is 11.1 Å². The fraction of sp³-hybridized carbons (Fsp3) is 0.647. The van der Waals surface area contributed by atoms with Crippen molar-refractivity contribution < 1.29 is 54.1 Å². The van der Waals surface area contributed by atoms with E-state index in [1.807, 2.05) is 36.4 Å². The second kappa shape index (κ2) is 13.3. The van der Waals surface area contributed by atoms with E-state index in [0.717, 1.165) is 37.7 Å². The number of alkyl halides is 7. The van der Waals surface area contributed by atoms with Gasteiger partial charge in [-0.3, -0.25) is 0 Å². The Bertz CT molecular complexity index is 1550. The van der Waals surface area contributed by atoms with Gasteiger partial charge in [-0.05, 0) is 121 Å². The number of hydrogen-bond donors (Lipinski definition) is 2. The molecule has 3 aliphatic rings. The molecule has 6 nitrogen and oxygen atoms in total. The van der Waals surface area contributed by atoms with Gasteiger partial charge in [-0.25, -0.2) is 8.42 Å². The van der Waals surface area contributed by atoms with Gasteiger partial charge in [0.2, 0.25) is 10.0 Å². The average molecular weight is 710 g/mol. The molecule has 14 heteroatoms. The van der Waals surface area contributed by atoms with Crippen molar-refractivity contribution in [2.45, 2.75) is 94.3 Å². The lowest BCUT2D eigenvalue weighted by molar-refractivity contribution is -0.354. The summed E-state index contributed by atoms with van der Waals surface area (Å²) in [5, 5.41) is 21.2.